The van der Waals surface area contributed by atoms with Gasteiger partial charge >= 0.3 is 0 Å². The Morgan fingerprint density at radius 2 is 2.00 bits per heavy atom. The maximum Gasteiger partial charge on any atom is 0.229 e. The molecule has 0 saturated carbocycles. The molecule has 1 aliphatic heterocycles. The molecule has 0 saturated heterocycles. The molecule has 0 amide bonds. The van der Waals surface area contributed by atoms with Crippen molar-refractivity contribution in [3.63, 3.8) is 0 Å². The minimum absolute atomic E-state index is 0.620. The number of halogens is 1. The summed E-state index contributed by atoms with van der Waals surface area (Å²) in [7, 11) is 0. The topological polar surface area (TPSA) is 29.0 Å². The Bertz CT molecular complexity index is 568. The van der Waals surface area contributed by atoms with Crippen LogP contribution in [0.1, 0.15) is 18.1 Å². The summed E-state index contributed by atoms with van der Waals surface area (Å²) in [6.45, 7) is 3.25. The molecule has 98 valence electrons. The highest BCUT2D eigenvalue weighted by Gasteiger charge is 2.23. The quantitative estimate of drug-likeness (QED) is 0.791. The van der Waals surface area contributed by atoms with E-state index in [0.717, 1.165) is 29.8 Å². The fourth-order valence-corrected chi connectivity index (χ4v) is 2.83. The number of anilines is 2. The van der Waals surface area contributed by atoms with E-state index in [4.69, 9.17) is 0 Å². The van der Waals surface area contributed by atoms with Crippen LogP contribution in [0.5, 0.6) is 0 Å². The fourth-order valence-electron chi connectivity index (χ4n) is 2.54. The molecule has 0 radical (unpaired) electrons. The Balaban J connectivity index is 1.99. The van der Waals surface area contributed by atoms with E-state index in [1.807, 2.05) is 12.4 Å². The van der Waals surface area contributed by atoms with Crippen LogP contribution in [0.15, 0.2) is 36.7 Å². The zero-order valence-electron chi connectivity index (χ0n) is 10.9. The molecule has 19 heavy (non-hydrogen) atoms. The third-order valence-electron chi connectivity index (χ3n) is 3.43. The first-order valence-corrected chi connectivity index (χ1v) is 7.62. The fraction of sp³-hybridized carbons (Fsp3) is 0.333. The second-order valence-corrected chi connectivity index (χ2v) is 5.63. The predicted molar refractivity (Wildman–Crippen MR) is 81.0 cm³/mol. The third kappa shape index (κ3) is 2.50. The number of hydrogen-bond donors (Lipinski definition) is 0. The third-order valence-corrected chi connectivity index (χ3v) is 4.08. The average molecular weight is 318 g/mol. The number of benzene rings is 1. The van der Waals surface area contributed by atoms with Gasteiger partial charge in [0.05, 0.1) is 0 Å². The largest absolute Gasteiger partial charge is 0.310 e. The van der Waals surface area contributed by atoms with E-state index in [1.54, 1.807) is 0 Å². The van der Waals surface area contributed by atoms with Gasteiger partial charge in [-0.1, -0.05) is 41.1 Å². The molecule has 1 aromatic heterocycles. The predicted octanol–water partition coefficient (Wildman–Crippen LogP) is 3.70. The van der Waals surface area contributed by atoms with Gasteiger partial charge in [-0.3, -0.25) is 0 Å². The highest BCUT2D eigenvalue weighted by Crippen LogP contribution is 2.33. The van der Waals surface area contributed by atoms with Crippen molar-refractivity contribution >= 4 is 27.6 Å². The summed E-state index contributed by atoms with van der Waals surface area (Å²) in [6.07, 6.45) is 4.91. The van der Waals surface area contributed by atoms with Crippen molar-refractivity contribution in [2.45, 2.75) is 18.7 Å². The Kier molecular flexibility index (Phi) is 3.51. The molecule has 3 rings (SSSR count). The lowest BCUT2D eigenvalue weighted by molar-refractivity contribution is 0.557. The molecule has 2 aromatic rings. The number of para-hydroxylation sites is 1. The maximum atomic E-state index is 4.49. The second-order valence-electron chi connectivity index (χ2n) is 5.07. The molecular weight excluding hydrogens is 302 g/mol. The van der Waals surface area contributed by atoms with Crippen molar-refractivity contribution in [1.29, 1.82) is 0 Å². The monoisotopic (exact) mass is 317 g/mol. The first-order valence-electron chi connectivity index (χ1n) is 6.50. The zero-order valence-corrected chi connectivity index (χ0v) is 12.5. The van der Waals surface area contributed by atoms with E-state index in [2.05, 4.69) is 62.0 Å². The van der Waals surface area contributed by atoms with E-state index in [1.165, 1.54) is 11.3 Å². The van der Waals surface area contributed by atoms with Crippen LogP contribution >= 0.6 is 15.9 Å². The Hall–Kier alpha value is -1.42. The van der Waals surface area contributed by atoms with E-state index in [9.17, 15) is 0 Å². The van der Waals surface area contributed by atoms with Crippen molar-refractivity contribution < 1.29 is 0 Å². The van der Waals surface area contributed by atoms with Gasteiger partial charge in [0.25, 0.3) is 0 Å². The van der Waals surface area contributed by atoms with Gasteiger partial charge in [-0.25, -0.2) is 9.97 Å². The van der Waals surface area contributed by atoms with Gasteiger partial charge in [-0.05, 0) is 29.5 Å². The molecule has 1 atom stereocenters. The standard InChI is InChI=1S/C15H16BrN3/c1-11-6-13-4-2-3-5-14(13)19(10-11)15-17-8-12(7-16)9-18-15/h2-5,8-9,11H,6-7,10H2,1H3. The summed E-state index contributed by atoms with van der Waals surface area (Å²) < 4.78 is 0. The molecule has 0 fully saturated rings. The van der Waals surface area contributed by atoms with E-state index < -0.39 is 0 Å². The average Bonchev–Trinajstić information content (AvgIpc) is 2.46. The molecule has 2 heterocycles. The van der Waals surface area contributed by atoms with Crippen LogP contribution in [0, 0.1) is 5.92 Å². The van der Waals surface area contributed by atoms with Crippen molar-refractivity contribution in [3.8, 4) is 0 Å². The van der Waals surface area contributed by atoms with Crippen LogP contribution in [-0.2, 0) is 11.8 Å². The SMILES string of the molecule is CC1Cc2ccccc2N(c2ncc(CBr)cn2)C1. The van der Waals surface area contributed by atoms with E-state index in [-0.39, 0.29) is 0 Å². The molecular formula is C15H16BrN3. The van der Waals surface area contributed by atoms with Gasteiger partial charge in [0.2, 0.25) is 5.95 Å². The van der Waals surface area contributed by atoms with Crippen molar-refractivity contribution in [3.05, 3.63) is 47.8 Å². The molecule has 3 nitrogen and oxygen atoms in total. The first kappa shape index (κ1) is 12.6. The van der Waals surface area contributed by atoms with E-state index >= 15 is 0 Å². The number of aromatic nitrogens is 2. The van der Waals surface area contributed by atoms with Crippen molar-refractivity contribution in [1.82, 2.24) is 9.97 Å². The highest BCUT2D eigenvalue weighted by atomic mass is 79.9. The molecule has 4 heteroatoms. The zero-order chi connectivity index (χ0) is 13.2. The summed E-state index contributed by atoms with van der Waals surface area (Å²) in [5.74, 6) is 1.41. The van der Waals surface area contributed by atoms with Crippen LogP contribution in [-0.4, -0.2) is 16.5 Å². The highest BCUT2D eigenvalue weighted by molar-refractivity contribution is 9.08. The normalized spacial score (nSPS) is 18.2. The molecule has 0 aliphatic carbocycles. The number of hydrogen-bond acceptors (Lipinski definition) is 3. The van der Waals surface area contributed by atoms with Crippen LogP contribution in [0.25, 0.3) is 0 Å². The van der Waals surface area contributed by atoms with E-state index in [0.29, 0.717) is 5.92 Å². The van der Waals surface area contributed by atoms with Gasteiger partial charge in [0.1, 0.15) is 0 Å². The van der Waals surface area contributed by atoms with Crippen LogP contribution in [0.2, 0.25) is 0 Å². The van der Waals surface area contributed by atoms with Gasteiger partial charge in [-0.15, -0.1) is 0 Å². The number of alkyl halides is 1. The van der Waals surface area contributed by atoms with Crippen LogP contribution in [0.3, 0.4) is 0 Å². The smallest absolute Gasteiger partial charge is 0.229 e. The van der Waals surface area contributed by atoms with Gasteiger partial charge < -0.3 is 4.90 Å². The summed E-state index contributed by atoms with van der Waals surface area (Å²) in [6, 6.07) is 8.53. The Labute approximate surface area is 121 Å². The first-order chi connectivity index (χ1) is 9.28. The van der Waals surface area contributed by atoms with Gasteiger partial charge in [0.15, 0.2) is 0 Å². The van der Waals surface area contributed by atoms with Crippen molar-refractivity contribution in [2.24, 2.45) is 5.92 Å². The Morgan fingerprint density at radius 3 is 2.74 bits per heavy atom. The lowest BCUT2D eigenvalue weighted by Crippen LogP contribution is -2.31. The molecule has 0 spiro atoms. The van der Waals surface area contributed by atoms with Crippen molar-refractivity contribution in [2.75, 3.05) is 11.4 Å². The van der Waals surface area contributed by atoms with Crippen LogP contribution in [0.4, 0.5) is 11.6 Å². The summed E-state index contributed by atoms with van der Waals surface area (Å²) in [5.41, 5.74) is 3.73. The lowest BCUT2D eigenvalue weighted by atomic mass is 9.94. The molecule has 0 N–H and O–H groups in total. The second kappa shape index (κ2) is 5.29. The van der Waals surface area contributed by atoms with Crippen LogP contribution < -0.4 is 4.90 Å². The summed E-state index contributed by atoms with van der Waals surface area (Å²) in [4.78, 5) is 11.2. The molecule has 1 aliphatic rings. The van der Waals surface area contributed by atoms with Gasteiger partial charge in [0, 0.05) is 30.0 Å². The maximum absolute atomic E-state index is 4.49. The Morgan fingerprint density at radius 1 is 1.26 bits per heavy atom. The summed E-state index contributed by atoms with van der Waals surface area (Å²) >= 11 is 3.42. The minimum Gasteiger partial charge on any atom is -0.310 e. The number of fused-ring (bicyclic) bond motifs is 1. The molecule has 1 aromatic carbocycles. The molecule has 1 unspecified atom stereocenters. The number of nitrogens with zero attached hydrogens (tertiary/aromatic N) is 3. The summed E-state index contributed by atoms with van der Waals surface area (Å²) in [5, 5.41) is 0.792. The lowest BCUT2D eigenvalue weighted by Gasteiger charge is -2.33. The minimum atomic E-state index is 0.620. The molecule has 0 bridgehead atoms. The van der Waals surface area contributed by atoms with Gasteiger partial charge in [-0.2, -0.15) is 0 Å². The number of rotatable bonds is 2.